The minimum atomic E-state index is -1.34. The van der Waals surface area contributed by atoms with Crippen LogP contribution in [0.25, 0.3) is 0 Å². The third-order valence-corrected chi connectivity index (χ3v) is 7.47. The lowest BCUT2D eigenvalue weighted by molar-refractivity contribution is -0.167. The summed E-state index contributed by atoms with van der Waals surface area (Å²) in [6.07, 6.45) is 0.982. The predicted octanol–water partition coefficient (Wildman–Crippen LogP) is 3.91. The fourth-order valence-corrected chi connectivity index (χ4v) is 5.09. The lowest BCUT2D eigenvalue weighted by Crippen LogP contribution is -2.50. The van der Waals surface area contributed by atoms with Crippen LogP contribution in [0.3, 0.4) is 0 Å². The van der Waals surface area contributed by atoms with Crippen molar-refractivity contribution >= 4 is 25.8 Å². The molecule has 152 valence electrons. The molecule has 5 nitrogen and oxygen atoms in total. The summed E-state index contributed by atoms with van der Waals surface area (Å²) in [7, 11) is -1.34. The van der Waals surface area contributed by atoms with E-state index in [4.69, 9.17) is 9.47 Å². The van der Waals surface area contributed by atoms with Crippen molar-refractivity contribution in [3.8, 4) is 0 Å². The zero-order chi connectivity index (χ0) is 20.5. The van der Waals surface area contributed by atoms with E-state index >= 15 is 0 Å². The van der Waals surface area contributed by atoms with Gasteiger partial charge in [-0.25, -0.2) is 0 Å². The molecule has 4 rings (SSSR count). The highest BCUT2D eigenvalue weighted by molar-refractivity contribution is 6.76. The topological polar surface area (TPSA) is 69.7 Å². The maximum Gasteiger partial charge on any atom is 0.310 e. The van der Waals surface area contributed by atoms with E-state index in [0.29, 0.717) is 19.6 Å². The maximum atomic E-state index is 13.1. The summed E-state index contributed by atoms with van der Waals surface area (Å²) >= 11 is 0. The van der Waals surface area contributed by atoms with E-state index in [2.05, 4.69) is 19.6 Å². The Hall–Kier alpha value is -1.95. The van der Waals surface area contributed by atoms with Crippen LogP contribution >= 0.6 is 0 Å². The van der Waals surface area contributed by atoms with Crippen LogP contribution in [0.5, 0.6) is 0 Å². The van der Waals surface area contributed by atoms with Crippen LogP contribution in [0.1, 0.15) is 42.7 Å². The average Bonchev–Trinajstić information content (AvgIpc) is 2.64. The summed E-state index contributed by atoms with van der Waals surface area (Å²) in [6, 6.07) is 8.54. The van der Waals surface area contributed by atoms with Gasteiger partial charge in [0.1, 0.15) is 5.78 Å². The van der Waals surface area contributed by atoms with Gasteiger partial charge < -0.3 is 9.47 Å². The van der Waals surface area contributed by atoms with Crippen molar-refractivity contribution in [1.82, 2.24) is 0 Å². The lowest BCUT2D eigenvalue weighted by atomic mass is 9.55. The zero-order valence-corrected chi connectivity index (χ0v) is 18.2. The van der Waals surface area contributed by atoms with Crippen LogP contribution in [0.15, 0.2) is 24.3 Å². The Bertz CT molecular complexity index is 766. The Morgan fingerprint density at radius 3 is 2.25 bits per heavy atom. The van der Waals surface area contributed by atoms with E-state index in [0.717, 1.165) is 17.2 Å². The van der Waals surface area contributed by atoms with E-state index in [9.17, 15) is 14.4 Å². The second-order valence-electron chi connectivity index (χ2n) is 9.08. The molecule has 0 aliphatic heterocycles. The number of fused-ring (bicyclic) bond motifs is 2. The minimum absolute atomic E-state index is 0.0216. The summed E-state index contributed by atoms with van der Waals surface area (Å²) in [5.41, 5.74) is 1.87. The van der Waals surface area contributed by atoms with Gasteiger partial charge in [-0.3, -0.25) is 14.4 Å². The SMILES string of the molecule is CCCOC(=O)C1C2C(=O)CC(c3ccccc32)C1C(=O)OCC[Si](C)(C)C. The van der Waals surface area contributed by atoms with Crippen molar-refractivity contribution in [2.45, 2.75) is 57.3 Å². The number of ether oxygens (including phenoxy) is 2. The second kappa shape index (κ2) is 8.19. The molecule has 1 aromatic carbocycles. The molecule has 0 amide bonds. The van der Waals surface area contributed by atoms with Gasteiger partial charge in [0, 0.05) is 20.4 Å². The number of carbonyl (C=O) groups excluding carboxylic acids is 3. The minimum Gasteiger partial charge on any atom is -0.466 e. The quantitative estimate of drug-likeness (QED) is 0.511. The van der Waals surface area contributed by atoms with Gasteiger partial charge >= 0.3 is 11.9 Å². The molecule has 2 bridgehead atoms. The summed E-state index contributed by atoms with van der Waals surface area (Å²) in [5, 5.41) is 0. The third-order valence-electron chi connectivity index (χ3n) is 5.77. The smallest absolute Gasteiger partial charge is 0.310 e. The molecule has 0 N–H and O–H groups in total. The number of benzene rings is 1. The van der Waals surface area contributed by atoms with Crippen molar-refractivity contribution in [3.05, 3.63) is 35.4 Å². The monoisotopic (exact) mass is 402 g/mol. The van der Waals surface area contributed by atoms with Gasteiger partial charge in [0.25, 0.3) is 0 Å². The van der Waals surface area contributed by atoms with Crippen molar-refractivity contribution < 1.29 is 23.9 Å². The number of carbonyl (C=O) groups is 3. The summed E-state index contributed by atoms with van der Waals surface area (Å²) < 4.78 is 11.0. The van der Waals surface area contributed by atoms with Crippen LogP contribution in [0.2, 0.25) is 25.7 Å². The third kappa shape index (κ3) is 4.07. The fourth-order valence-electron chi connectivity index (χ4n) is 4.38. The number of hydrogen-bond donors (Lipinski definition) is 0. The molecule has 3 aliphatic carbocycles. The van der Waals surface area contributed by atoms with Crippen LogP contribution in [0.4, 0.5) is 0 Å². The van der Waals surface area contributed by atoms with Crippen molar-refractivity contribution in [2.75, 3.05) is 13.2 Å². The van der Waals surface area contributed by atoms with Gasteiger partial charge in [-0.05, 0) is 23.6 Å². The van der Waals surface area contributed by atoms with Gasteiger partial charge in [0.2, 0.25) is 0 Å². The number of esters is 2. The first kappa shape index (κ1) is 20.8. The Kier molecular flexibility index (Phi) is 6.08. The average molecular weight is 403 g/mol. The Morgan fingerprint density at radius 2 is 1.61 bits per heavy atom. The highest BCUT2D eigenvalue weighted by Gasteiger charge is 2.57. The molecule has 28 heavy (non-hydrogen) atoms. The van der Waals surface area contributed by atoms with Crippen LogP contribution in [0, 0.1) is 11.8 Å². The molecule has 6 heteroatoms. The molecule has 4 unspecified atom stereocenters. The molecule has 3 aliphatic rings. The zero-order valence-electron chi connectivity index (χ0n) is 17.2. The van der Waals surface area contributed by atoms with Crippen molar-refractivity contribution in [2.24, 2.45) is 11.8 Å². The Labute approximate surface area is 167 Å². The van der Waals surface area contributed by atoms with Crippen molar-refractivity contribution in [3.63, 3.8) is 0 Å². The van der Waals surface area contributed by atoms with Gasteiger partial charge in [-0.1, -0.05) is 50.8 Å². The second-order valence-corrected chi connectivity index (χ2v) is 14.7. The van der Waals surface area contributed by atoms with Gasteiger partial charge in [-0.2, -0.15) is 0 Å². The van der Waals surface area contributed by atoms with Gasteiger partial charge in [0.05, 0.1) is 31.0 Å². The number of hydrogen-bond acceptors (Lipinski definition) is 5. The molecule has 0 aromatic heterocycles. The van der Waals surface area contributed by atoms with Crippen LogP contribution < -0.4 is 0 Å². The number of ketones is 1. The van der Waals surface area contributed by atoms with Crippen LogP contribution in [-0.4, -0.2) is 39.0 Å². The van der Waals surface area contributed by atoms with Gasteiger partial charge in [-0.15, -0.1) is 0 Å². The standard InChI is InChI=1S/C22H30O5Si/c1-5-10-26-22(25)20-18-15-9-7-6-8-14(15)16(13-17(18)23)19(20)21(24)27-11-12-28(2,3)4/h6-9,16,18-20H,5,10-13H2,1-4H3. The van der Waals surface area contributed by atoms with E-state index in [1.165, 1.54) is 0 Å². The molecule has 0 radical (unpaired) electrons. The first-order valence-electron chi connectivity index (χ1n) is 10.2. The van der Waals surface area contributed by atoms with Gasteiger partial charge in [0.15, 0.2) is 0 Å². The normalized spacial score (nSPS) is 25.9. The fraction of sp³-hybridized carbons (Fsp3) is 0.591. The van der Waals surface area contributed by atoms with E-state index in [1.807, 2.05) is 31.2 Å². The molecule has 1 aromatic rings. The first-order valence-corrected chi connectivity index (χ1v) is 13.9. The molecular formula is C22H30O5Si. The molecule has 4 atom stereocenters. The molecule has 1 fully saturated rings. The van der Waals surface area contributed by atoms with Crippen molar-refractivity contribution in [1.29, 1.82) is 0 Å². The van der Waals surface area contributed by atoms with E-state index < -0.39 is 31.8 Å². The lowest BCUT2D eigenvalue weighted by Gasteiger charge is -2.46. The Balaban J connectivity index is 1.91. The Morgan fingerprint density at radius 1 is 1.00 bits per heavy atom. The molecule has 1 saturated carbocycles. The summed E-state index contributed by atoms with van der Waals surface area (Å²) in [6.45, 7) is 9.26. The summed E-state index contributed by atoms with van der Waals surface area (Å²) in [5.74, 6) is -3.16. The van der Waals surface area contributed by atoms with Crippen LogP contribution in [-0.2, 0) is 23.9 Å². The van der Waals surface area contributed by atoms with E-state index in [-0.39, 0.29) is 24.1 Å². The highest BCUT2D eigenvalue weighted by atomic mass is 28.3. The first-order chi connectivity index (χ1) is 13.2. The molecule has 0 spiro atoms. The largest absolute Gasteiger partial charge is 0.466 e. The summed E-state index contributed by atoms with van der Waals surface area (Å²) in [4.78, 5) is 38.7. The maximum absolute atomic E-state index is 13.1. The molecule has 0 heterocycles. The van der Waals surface area contributed by atoms with E-state index in [1.54, 1.807) is 0 Å². The highest BCUT2D eigenvalue weighted by Crippen LogP contribution is 2.54. The molecule has 0 saturated heterocycles. The number of rotatable bonds is 7. The predicted molar refractivity (Wildman–Crippen MR) is 109 cm³/mol. The number of Topliss-reactive ketones (excluding diaryl/α,β-unsaturated/α-hetero) is 1. The molecular weight excluding hydrogens is 372 g/mol.